The molecule has 2 aromatic carbocycles. The molecular weight excluding hydrogens is 504 g/mol. The zero-order valence-corrected chi connectivity index (χ0v) is 23.0. The van der Waals surface area contributed by atoms with Crippen molar-refractivity contribution < 1.29 is 39.2 Å². The van der Waals surface area contributed by atoms with Crippen LogP contribution in [0.4, 0.5) is 0 Å². The topological polar surface area (TPSA) is 137 Å². The first-order valence-electron chi connectivity index (χ1n) is 12.9. The molecule has 0 atom stereocenters. The van der Waals surface area contributed by atoms with Gasteiger partial charge in [-0.05, 0) is 41.5 Å². The lowest BCUT2D eigenvalue weighted by atomic mass is 9.88. The van der Waals surface area contributed by atoms with Crippen LogP contribution in [-0.2, 0) is 49.8 Å². The number of aromatic hydroxyl groups is 2. The van der Waals surface area contributed by atoms with E-state index in [1.807, 2.05) is 12.1 Å². The van der Waals surface area contributed by atoms with Gasteiger partial charge in [0.1, 0.15) is 18.2 Å². The number of nitrogens with zero attached hydrogens (tertiary/aromatic N) is 2. The largest absolute Gasteiger partial charge is 0.508 e. The number of rotatable bonds is 18. The predicted molar refractivity (Wildman–Crippen MR) is 145 cm³/mol. The summed E-state index contributed by atoms with van der Waals surface area (Å²) in [6.07, 6.45) is 2.29. The minimum atomic E-state index is -1.00. The van der Waals surface area contributed by atoms with Crippen molar-refractivity contribution in [3.8, 4) is 11.5 Å². The summed E-state index contributed by atoms with van der Waals surface area (Å²) in [4.78, 5) is 36.4. The van der Waals surface area contributed by atoms with Crippen molar-refractivity contribution in [2.24, 2.45) is 5.41 Å². The van der Waals surface area contributed by atoms with Crippen molar-refractivity contribution >= 4 is 18.9 Å². The number of benzene rings is 2. The molecule has 39 heavy (non-hydrogen) atoms. The van der Waals surface area contributed by atoms with Crippen LogP contribution < -0.4 is 0 Å². The van der Waals surface area contributed by atoms with E-state index in [9.17, 15) is 29.7 Å². The van der Waals surface area contributed by atoms with Gasteiger partial charge in [-0.25, -0.2) is 0 Å². The Morgan fingerprint density at radius 3 is 1.92 bits per heavy atom. The first kappa shape index (κ1) is 31.6. The van der Waals surface area contributed by atoms with Crippen LogP contribution >= 0.6 is 0 Å². The number of carbonyl (C=O) groups excluding carboxylic acids is 2. The molecule has 0 unspecified atom stereocenters. The average molecular weight is 545 g/mol. The fraction of sp³-hybridized carbons (Fsp3) is 0.483. The van der Waals surface area contributed by atoms with Crippen LogP contribution in [0.15, 0.2) is 36.4 Å². The first-order valence-corrected chi connectivity index (χ1v) is 12.9. The molecule has 0 aliphatic heterocycles. The van der Waals surface area contributed by atoms with Crippen LogP contribution in [0, 0.1) is 5.41 Å². The smallest absolute Gasteiger partial charge is 0.317 e. The third-order valence-electron chi connectivity index (χ3n) is 6.23. The van der Waals surface area contributed by atoms with E-state index in [0.29, 0.717) is 43.6 Å². The molecule has 0 aliphatic carbocycles. The summed E-state index contributed by atoms with van der Waals surface area (Å²) < 4.78 is 9.72. The molecule has 0 heterocycles. The number of phenols is 2. The maximum atomic E-state index is 11.6. The predicted octanol–water partition coefficient (Wildman–Crippen LogP) is 3.31. The Hall–Kier alpha value is -3.63. The summed E-state index contributed by atoms with van der Waals surface area (Å²) in [6.45, 7) is 8.20. The van der Waals surface area contributed by atoms with Crippen molar-refractivity contribution in [1.82, 2.24) is 9.80 Å². The summed E-state index contributed by atoms with van der Waals surface area (Å²) in [5.41, 5.74) is 3.32. The van der Waals surface area contributed by atoms with Crippen LogP contribution in [0.2, 0.25) is 0 Å². The Kier molecular flexibility index (Phi) is 12.7. The van der Waals surface area contributed by atoms with Crippen LogP contribution in [0.3, 0.4) is 0 Å². The lowest BCUT2D eigenvalue weighted by Crippen LogP contribution is -2.38. The average Bonchev–Trinajstić information content (AvgIpc) is 2.87. The molecule has 10 nitrogen and oxygen atoms in total. The SMILES string of the molecule is CC(C)(C)CCc1ccc(O)c(CN(CCN(COC=O)Cc2cc(CCOC=O)ccc2O)CC(=O)O)c1. The molecule has 0 bridgehead atoms. The molecule has 0 aromatic heterocycles. The van der Waals surface area contributed by atoms with Gasteiger partial charge in [-0.2, -0.15) is 0 Å². The van der Waals surface area contributed by atoms with E-state index in [-0.39, 0.29) is 49.9 Å². The van der Waals surface area contributed by atoms with Crippen molar-refractivity contribution in [1.29, 1.82) is 0 Å². The maximum absolute atomic E-state index is 11.6. The number of phenolic OH excluding ortho intramolecular Hbond substituents is 2. The van der Waals surface area contributed by atoms with Gasteiger partial charge in [0.15, 0.2) is 0 Å². The third kappa shape index (κ3) is 12.2. The number of hydrogen-bond acceptors (Lipinski definition) is 9. The minimum Gasteiger partial charge on any atom is -0.508 e. The minimum absolute atomic E-state index is 0.0597. The highest BCUT2D eigenvalue weighted by atomic mass is 16.5. The summed E-state index contributed by atoms with van der Waals surface area (Å²) in [7, 11) is 0. The maximum Gasteiger partial charge on any atom is 0.317 e. The van der Waals surface area contributed by atoms with E-state index >= 15 is 0 Å². The van der Waals surface area contributed by atoms with Gasteiger partial charge in [0, 0.05) is 43.7 Å². The first-order chi connectivity index (χ1) is 18.5. The molecule has 0 aliphatic rings. The zero-order chi connectivity index (χ0) is 28.8. The van der Waals surface area contributed by atoms with E-state index in [1.54, 1.807) is 34.1 Å². The Labute approximate surface area is 229 Å². The molecule has 0 radical (unpaired) electrons. The lowest BCUT2D eigenvalue weighted by Gasteiger charge is -2.27. The molecule has 3 N–H and O–H groups in total. The van der Waals surface area contributed by atoms with Gasteiger partial charge < -0.3 is 24.8 Å². The summed E-state index contributed by atoms with van der Waals surface area (Å²) >= 11 is 0. The summed E-state index contributed by atoms with van der Waals surface area (Å²) in [5, 5.41) is 30.4. The molecular formula is C29H40N2O8. The van der Waals surface area contributed by atoms with Crippen molar-refractivity contribution in [3.05, 3.63) is 58.7 Å². The molecule has 10 heteroatoms. The lowest BCUT2D eigenvalue weighted by molar-refractivity contribution is -0.138. The number of ether oxygens (including phenoxy) is 2. The van der Waals surface area contributed by atoms with E-state index in [1.165, 1.54) is 0 Å². The van der Waals surface area contributed by atoms with Crippen LogP contribution in [0.1, 0.15) is 49.4 Å². The van der Waals surface area contributed by atoms with Gasteiger partial charge in [-0.1, -0.05) is 45.0 Å². The number of carboxylic acid groups (broad SMARTS) is 1. The Bertz CT molecular complexity index is 1080. The van der Waals surface area contributed by atoms with E-state index < -0.39 is 5.97 Å². The number of aliphatic carboxylic acids is 1. The number of hydrogen-bond donors (Lipinski definition) is 3. The standard InChI is InChI=1S/C29H40N2O8/c1-29(2,3)10-8-22-4-6-26(34)24(14-22)16-30(18-28(36)37)11-12-31(19-39-21-33)17-25-15-23(5-7-27(25)35)9-13-38-20-32/h4-7,14-15,20-21,34-35H,8-13,16-19H2,1-3H3,(H,36,37). The van der Waals surface area contributed by atoms with Crippen LogP contribution in [0.5, 0.6) is 11.5 Å². The Morgan fingerprint density at radius 2 is 1.38 bits per heavy atom. The van der Waals surface area contributed by atoms with Gasteiger partial charge >= 0.3 is 5.97 Å². The number of carboxylic acids is 1. The number of carbonyl (C=O) groups is 3. The molecule has 0 amide bonds. The fourth-order valence-electron chi connectivity index (χ4n) is 4.08. The highest BCUT2D eigenvalue weighted by molar-refractivity contribution is 5.69. The second-order valence-corrected chi connectivity index (χ2v) is 10.8. The quantitative estimate of drug-likeness (QED) is 0.146. The van der Waals surface area contributed by atoms with Gasteiger partial charge in [0.25, 0.3) is 12.9 Å². The second kappa shape index (κ2) is 15.7. The Balaban J connectivity index is 2.14. The summed E-state index contributed by atoms with van der Waals surface area (Å²) in [5.74, 6) is -0.839. The number of aryl methyl sites for hydroxylation is 1. The molecule has 214 valence electrons. The van der Waals surface area contributed by atoms with E-state index in [2.05, 4.69) is 20.8 Å². The third-order valence-corrected chi connectivity index (χ3v) is 6.23. The monoisotopic (exact) mass is 544 g/mol. The van der Waals surface area contributed by atoms with E-state index in [0.717, 1.165) is 24.0 Å². The van der Waals surface area contributed by atoms with Crippen molar-refractivity contribution in [2.75, 3.05) is 33.0 Å². The fourth-order valence-corrected chi connectivity index (χ4v) is 4.08. The highest BCUT2D eigenvalue weighted by Crippen LogP contribution is 2.26. The molecule has 0 spiro atoms. The summed E-state index contributed by atoms with van der Waals surface area (Å²) in [6, 6.07) is 10.5. The zero-order valence-electron chi connectivity index (χ0n) is 23.0. The molecule has 2 aromatic rings. The van der Waals surface area contributed by atoms with Crippen LogP contribution in [0.25, 0.3) is 0 Å². The Morgan fingerprint density at radius 1 is 0.846 bits per heavy atom. The van der Waals surface area contributed by atoms with Gasteiger partial charge in [0.05, 0.1) is 13.2 Å². The second-order valence-electron chi connectivity index (χ2n) is 10.8. The molecule has 0 saturated carbocycles. The highest BCUT2D eigenvalue weighted by Gasteiger charge is 2.18. The van der Waals surface area contributed by atoms with Crippen molar-refractivity contribution in [2.45, 2.75) is 53.1 Å². The molecule has 0 fully saturated rings. The van der Waals surface area contributed by atoms with Crippen molar-refractivity contribution in [3.63, 3.8) is 0 Å². The van der Waals surface area contributed by atoms with Crippen LogP contribution in [-0.4, -0.2) is 77.0 Å². The van der Waals surface area contributed by atoms with Gasteiger partial charge in [0.2, 0.25) is 0 Å². The van der Waals surface area contributed by atoms with E-state index in [4.69, 9.17) is 9.47 Å². The van der Waals surface area contributed by atoms with Gasteiger partial charge in [-0.3, -0.25) is 24.2 Å². The molecule has 2 rings (SSSR count). The van der Waals surface area contributed by atoms with Gasteiger partial charge in [-0.15, -0.1) is 0 Å². The molecule has 0 saturated heterocycles. The normalized spacial score (nSPS) is 11.5.